The van der Waals surface area contributed by atoms with Crippen LogP contribution >= 0.6 is 11.8 Å². The molecule has 0 amide bonds. The summed E-state index contributed by atoms with van der Waals surface area (Å²) >= 11 is 1.50. The van der Waals surface area contributed by atoms with Gasteiger partial charge in [0.05, 0.1) is 0 Å². The van der Waals surface area contributed by atoms with Gasteiger partial charge < -0.3 is 10.3 Å². The molecule has 6 heteroatoms. The van der Waals surface area contributed by atoms with Crippen LogP contribution in [0.15, 0.2) is 34.3 Å². The van der Waals surface area contributed by atoms with Crippen LogP contribution in [0.1, 0.15) is 18.2 Å². The molecule has 0 aromatic carbocycles. The third kappa shape index (κ3) is 3.82. The molecule has 0 unspecified atom stereocenters. The second kappa shape index (κ2) is 6.38. The van der Waals surface area contributed by atoms with Gasteiger partial charge in [-0.15, -0.1) is 0 Å². The lowest BCUT2D eigenvalue weighted by atomic mass is 10.3. The zero-order chi connectivity index (χ0) is 13.7. The number of thioether (sulfide) groups is 1. The van der Waals surface area contributed by atoms with Crippen molar-refractivity contribution < 1.29 is 0 Å². The molecule has 5 nitrogen and oxygen atoms in total. The number of anilines is 1. The van der Waals surface area contributed by atoms with E-state index in [9.17, 15) is 4.79 Å². The van der Waals surface area contributed by atoms with E-state index in [1.165, 1.54) is 17.8 Å². The molecular weight excluding hydrogens is 260 g/mol. The van der Waals surface area contributed by atoms with Crippen LogP contribution in [-0.4, -0.2) is 21.5 Å². The van der Waals surface area contributed by atoms with Crippen LogP contribution in [0.5, 0.6) is 0 Å². The number of hydrogen-bond donors (Lipinski definition) is 2. The zero-order valence-corrected chi connectivity index (χ0v) is 11.8. The SMILES string of the molecule is CCNc1ncccc1CSc1nc(C)cc(=O)[nH]1. The summed E-state index contributed by atoms with van der Waals surface area (Å²) in [5, 5.41) is 3.85. The Bertz CT molecular complexity index is 612. The number of aryl methyl sites for hydroxylation is 1. The van der Waals surface area contributed by atoms with Crippen molar-refractivity contribution in [2.45, 2.75) is 24.8 Å². The number of rotatable bonds is 5. The second-order valence-electron chi connectivity index (χ2n) is 4.02. The molecule has 2 aromatic rings. The van der Waals surface area contributed by atoms with E-state index in [0.717, 1.165) is 23.6 Å². The van der Waals surface area contributed by atoms with Gasteiger partial charge >= 0.3 is 0 Å². The minimum absolute atomic E-state index is 0.118. The van der Waals surface area contributed by atoms with E-state index in [1.807, 2.05) is 26.0 Å². The molecule has 100 valence electrons. The van der Waals surface area contributed by atoms with Gasteiger partial charge in [0.2, 0.25) is 0 Å². The molecule has 0 spiro atoms. The van der Waals surface area contributed by atoms with Crippen molar-refractivity contribution >= 4 is 17.6 Å². The second-order valence-corrected chi connectivity index (χ2v) is 4.99. The van der Waals surface area contributed by atoms with E-state index in [-0.39, 0.29) is 5.56 Å². The van der Waals surface area contributed by atoms with Gasteiger partial charge in [0.1, 0.15) is 5.82 Å². The monoisotopic (exact) mass is 276 g/mol. The van der Waals surface area contributed by atoms with Crippen LogP contribution < -0.4 is 10.9 Å². The molecule has 0 radical (unpaired) electrons. The Morgan fingerprint density at radius 1 is 1.47 bits per heavy atom. The predicted molar refractivity (Wildman–Crippen MR) is 77.6 cm³/mol. The lowest BCUT2D eigenvalue weighted by Crippen LogP contribution is -2.08. The largest absolute Gasteiger partial charge is 0.370 e. The molecule has 2 aromatic heterocycles. The molecule has 2 heterocycles. The third-order valence-corrected chi connectivity index (χ3v) is 3.37. The maximum Gasteiger partial charge on any atom is 0.251 e. The number of aromatic amines is 1. The van der Waals surface area contributed by atoms with Gasteiger partial charge in [-0.2, -0.15) is 0 Å². The van der Waals surface area contributed by atoms with Crippen molar-refractivity contribution in [1.29, 1.82) is 0 Å². The average molecular weight is 276 g/mol. The summed E-state index contributed by atoms with van der Waals surface area (Å²) in [7, 11) is 0. The Morgan fingerprint density at radius 3 is 3.05 bits per heavy atom. The summed E-state index contributed by atoms with van der Waals surface area (Å²) in [6.45, 7) is 4.67. The normalized spacial score (nSPS) is 10.4. The first-order chi connectivity index (χ1) is 9.19. The van der Waals surface area contributed by atoms with Gasteiger partial charge in [0, 0.05) is 35.8 Å². The van der Waals surface area contributed by atoms with Crippen molar-refractivity contribution in [3.05, 3.63) is 46.0 Å². The number of pyridine rings is 1. The van der Waals surface area contributed by atoms with Gasteiger partial charge in [-0.25, -0.2) is 9.97 Å². The molecule has 0 saturated carbocycles. The van der Waals surface area contributed by atoms with E-state index < -0.39 is 0 Å². The first-order valence-electron chi connectivity index (χ1n) is 6.07. The minimum Gasteiger partial charge on any atom is -0.370 e. The number of H-pyrrole nitrogens is 1. The summed E-state index contributed by atoms with van der Waals surface area (Å²) < 4.78 is 0. The topological polar surface area (TPSA) is 70.7 Å². The fraction of sp³-hybridized carbons (Fsp3) is 0.308. The average Bonchev–Trinajstić information content (AvgIpc) is 2.37. The van der Waals surface area contributed by atoms with Crippen molar-refractivity contribution in [3.8, 4) is 0 Å². The van der Waals surface area contributed by atoms with Crippen LogP contribution in [0, 0.1) is 6.92 Å². The van der Waals surface area contributed by atoms with Gasteiger partial charge in [-0.05, 0) is 19.9 Å². The summed E-state index contributed by atoms with van der Waals surface area (Å²) in [5.41, 5.74) is 1.70. The number of nitrogens with one attached hydrogen (secondary N) is 2. The van der Waals surface area contributed by atoms with Crippen molar-refractivity contribution in [1.82, 2.24) is 15.0 Å². The fourth-order valence-corrected chi connectivity index (χ4v) is 2.55. The third-order valence-electron chi connectivity index (χ3n) is 2.45. The Hall–Kier alpha value is -1.82. The zero-order valence-electron chi connectivity index (χ0n) is 10.9. The molecule has 2 N–H and O–H groups in total. The molecule has 19 heavy (non-hydrogen) atoms. The van der Waals surface area contributed by atoms with E-state index >= 15 is 0 Å². The fourth-order valence-electron chi connectivity index (χ4n) is 1.65. The van der Waals surface area contributed by atoms with Gasteiger partial charge in [0.25, 0.3) is 5.56 Å². The van der Waals surface area contributed by atoms with Gasteiger partial charge in [0.15, 0.2) is 5.16 Å². The summed E-state index contributed by atoms with van der Waals surface area (Å²) in [6.07, 6.45) is 1.76. The highest BCUT2D eigenvalue weighted by Gasteiger charge is 2.05. The first kappa shape index (κ1) is 13.6. The highest BCUT2D eigenvalue weighted by Crippen LogP contribution is 2.22. The smallest absolute Gasteiger partial charge is 0.251 e. The Morgan fingerprint density at radius 2 is 2.32 bits per heavy atom. The molecule has 0 aliphatic heterocycles. The van der Waals surface area contributed by atoms with Crippen LogP contribution in [0.3, 0.4) is 0 Å². The molecular formula is C13H16N4OS. The number of nitrogens with zero attached hydrogens (tertiary/aromatic N) is 2. The standard InChI is InChI=1S/C13H16N4OS/c1-3-14-12-10(5-4-6-15-12)8-19-13-16-9(2)7-11(18)17-13/h4-7H,3,8H2,1-2H3,(H,14,15)(H,16,17,18). The Kier molecular flexibility index (Phi) is 4.57. The molecule has 0 aliphatic rings. The van der Waals surface area contributed by atoms with Crippen LogP contribution in [0.4, 0.5) is 5.82 Å². The molecule has 0 saturated heterocycles. The van der Waals surface area contributed by atoms with Crippen LogP contribution in [-0.2, 0) is 5.75 Å². The lowest BCUT2D eigenvalue weighted by molar-refractivity contribution is 0.905. The van der Waals surface area contributed by atoms with E-state index in [1.54, 1.807) is 6.20 Å². The molecule has 0 atom stereocenters. The summed E-state index contributed by atoms with van der Waals surface area (Å²) in [6, 6.07) is 5.41. The van der Waals surface area contributed by atoms with Gasteiger partial charge in [-0.3, -0.25) is 4.79 Å². The van der Waals surface area contributed by atoms with Crippen LogP contribution in [0.2, 0.25) is 0 Å². The minimum atomic E-state index is -0.118. The molecule has 0 bridgehead atoms. The first-order valence-corrected chi connectivity index (χ1v) is 7.06. The van der Waals surface area contributed by atoms with E-state index in [4.69, 9.17) is 0 Å². The molecule has 0 aliphatic carbocycles. The quantitative estimate of drug-likeness (QED) is 0.647. The maximum atomic E-state index is 11.4. The number of hydrogen-bond acceptors (Lipinski definition) is 5. The summed E-state index contributed by atoms with van der Waals surface area (Å²) in [5.74, 6) is 1.59. The highest BCUT2D eigenvalue weighted by atomic mass is 32.2. The van der Waals surface area contributed by atoms with Crippen molar-refractivity contribution in [2.75, 3.05) is 11.9 Å². The number of aromatic nitrogens is 3. The Labute approximate surface area is 115 Å². The van der Waals surface area contributed by atoms with Crippen molar-refractivity contribution in [2.24, 2.45) is 0 Å². The van der Waals surface area contributed by atoms with Gasteiger partial charge in [-0.1, -0.05) is 17.8 Å². The highest BCUT2D eigenvalue weighted by molar-refractivity contribution is 7.98. The van der Waals surface area contributed by atoms with E-state index in [0.29, 0.717) is 10.9 Å². The molecule has 0 fully saturated rings. The van der Waals surface area contributed by atoms with Crippen LogP contribution in [0.25, 0.3) is 0 Å². The molecule has 2 rings (SSSR count). The summed E-state index contributed by atoms with van der Waals surface area (Å²) in [4.78, 5) is 22.7. The lowest BCUT2D eigenvalue weighted by Gasteiger charge is -2.08. The maximum absolute atomic E-state index is 11.4. The Balaban J connectivity index is 2.12. The van der Waals surface area contributed by atoms with Crippen molar-refractivity contribution in [3.63, 3.8) is 0 Å². The van der Waals surface area contributed by atoms with E-state index in [2.05, 4.69) is 20.3 Å². The predicted octanol–water partition coefficient (Wildman–Crippen LogP) is 2.20.